The van der Waals surface area contributed by atoms with Crippen molar-refractivity contribution in [3.63, 3.8) is 0 Å². The zero-order valence-corrected chi connectivity index (χ0v) is 13.1. The van der Waals surface area contributed by atoms with Gasteiger partial charge in [-0.05, 0) is 45.7 Å². The van der Waals surface area contributed by atoms with Crippen molar-refractivity contribution in [2.75, 3.05) is 31.6 Å². The fourth-order valence-electron chi connectivity index (χ4n) is 3.11. The number of nitrogens with zero attached hydrogens (tertiary/aromatic N) is 5. The summed E-state index contributed by atoms with van der Waals surface area (Å²) in [4.78, 5) is 10.9. The van der Waals surface area contributed by atoms with E-state index in [0.717, 1.165) is 50.4 Å². The first-order valence-corrected chi connectivity index (χ1v) is 8.04. The van der Waals surface area contributed by atoms with Crippen LogP contribution < -0.4 is 5.32 Å². The summed E-state index contributed by atoms with van der Waals surface area (Å²) >= 11 is 0. The molecule has 1 saturated heterocycles. The summed E-state index contributed by atoms with van der Waals surface area (Å²) < 4.78 is 1.73. The van der Waals surface area contributed by atoms with Gasteiger partial charge in [0.1, 0.15) is 12.1 Å². The van der Waals surface area contributed by atoms with Crippen molar-refractivity contribution in [2.24, 2.45) is 0 Å². The molecule has 22 heavy (non-hydrogen) atoms. The molecule has 0 aromatic carbocycles. The third kappa shape index (κ3) is 3.36. The van der Waals surface area contributed by atoms with Crippen molar-refractivity contribution < 1.29 is 5.11 Å². The van der Waals surface area contributed by atoms with Gasteiger partial charge in [0.2, 0.25) is 0 Å². The summed E-state index contributed by atoms with van der Waals surface area (Å²) in [6.45, 7) is 5.35. The molecule has 3 heterocycles. The average molecular weight is 304 g/mol. The van der Waals surface area contributed by atoms with Crippen molar-refractivity contribution in [1.29, 1.82) is 0 Å². The van der Waals surface area contributed by atoms with Crippen LogP contribution in [0.15, 0.2) is 12.4 Å². The first kappa shape index (κ1) is 15.2. The molecule has 2 aromatic heterocycles. The molecular weight excluding hydrogens is 280 g/mol. The van der Waals surface area contributed by atoms with Gasteiger partial charge >= 0.3 is 0 Å². The minimum absolute atomic E-state index is 0.290. The highest BCUT2D eigenvalue weighted by atomic mass is 16.3. The Balaban J connectivity index is 1.45. The quantitative estimate of drug-likeness (QED) is 0.745. The lowest BCUT2D eigenvalue weighted by Gasteiger charge is -2.22. The monoisotopic (exact) mass is 304 g/mol. The number of aromatic nitrogens is 4. The van der Waals surface area contributed by atoms with Crippen LogP contribution in [0.3, 0.4) is 0 Å². The largest absolute Gasteiger partial charge is 0.395 e. The highest BCUT2D eigenvalue weighted by Crippen LogP contribution is 2.17. The van der Waals surface area contributed by atoms with Crippen molar-refractivity contribution in [2.45, 2.75) is 38.6 Å². The van der Waals surface area contributed by atoms with Crippen molar-refractivity contribution in [1.82, 2.24) is 24.5 Å². The van der Waals surface area contributed by atoms with Crippen LogP contribution in [-0.2, 0) is 0 Å². The van der Waals surface area contributed by atoms with E-state index in [9.17, 15) is 5.11 Å². The van der Waals surface area contributed by atoms with Gasteiger partial charge in [0, 0.05) is 24.3 Å². The van der Waals surface area contributed by atoms with E-state index in [4.69, 9.17) is 0 Å². The molecule has 0 spiro atoms. The van der Waals surface area contributed by atoms with E-state index in [0.29, 0.717) is 18.4 Å². The summed E-state index contributed by atoms with van der Waals surface area (Å²) in [5.41, 5.74) is 0.936. The van der Waals surface area contributed by atoms with Gasteiger partial charge < -0.3 is 10.4 Å². The van der Waals surface area contributed by atoms with Crippen LogP contribution in [-0.4, -0.2) is 61.9 Å². The molecule has 7 nitrogen and oxygen atoms in total. The zero-order valence-electron chi connectivity index (χ0n) is 13.1. The number of fused-ring (bicyclic) bond motifs is 1. The lowest BCUT2D eigenvalue weighted by molar-refractivity contribution is 0.157. The molecule has 0 aliphatic carbocycles. The second-order valence-corrected chi connectivity index (χ2v) is 5.90. The molecule has 1 aliphatic heterocycles. The van der Waals surface area contributed by atoms with Crippen molar-refractivity contribution >= 4 is 11.6 Å². The summed E-state index contributed by atoms with van der Waals surface area (Å²) in [6, 6.07) is 2.37. The number of aliphatic hydroxyl groups is 1. The number of unbranched alkanes of at least 4 members (excludes halogenated alkanes) is 1. The molecule has 0 bridgehead atoms. The van der Waals surface area contributed by atoms with Crippen LogP contribution in [0.2, 0.25) is 0 Å². The first-order chi connectivity index (χ1) is 10.8. The first-order valence-electron chi connectivity index (χ1n) is 8.04. The maximum atomic E-state index is 9.32. The van der Waals surface area contributed by atoms with Gasteiger partial charge in [0.15, 0.2) is 0 Å². The molecule has 3 rings (SSSR count). The summed E-state index contributed by atoms with van der Waals surface area (Å²) in [5, 5.41) is 16.9. The van der Waals surface area contributed by atoms with Gasteiger partial charge in [0.25, 0.3) is 5.78 Å². The van der Waals surface area contributed by atoms with E-state index < -0.39 is 0 Å². The molecule has 120 valence electrons. The minimum Gasteiger partial charge on any atom is -0.395 e. The number of aliphatic hydroxyl groups excluding tert-OH is 1. The highest BCUT2D eigenvalue weighted by molar-refractivity contribution is 5.44. The number of aryl methyl sites for hydroxylation is 1. The Kier molecular flexibility index (Phi) is 4.84. The maximum Gasteiger partial charge on any atom is 0.254 e. The SMILES string of the molecule is Cc1cc(NCCCCN2CCCC2CO)n2ncnc2n1. The third-order valence-corrected chi connectivity index (χ3v) is 4.27. The van der Waals surface area contributed by atoms with Crippen LogP contribution in [0.4, 0.5) is 5.82 Å². The Morgan fingerprint density at radius 2 is 2.32 bits per heavy atom. The van der Waals surface area contributed by atoms with Crippen LogP contribution in [0.1, 0.15) is 31.4 Å². The molecule has 2 aromatic rings. The topological polar surface area (TPSA) is 78.6 Å². The van der Waals surface area contributed by atoms with E-state index in [1.165, 1.54) is 12.7 Å². The highest BCUT2D eigenvalue weighted by Gasteiger charge is 2.22. The van der Waals surface area contributed by atoms with E-state index in [2.05, 4.69) is 25.3 Å². The third-order valence-electron chi connectivity index (χ3n) is 4.27. The van der Waals surface area contributed by atoms with Gasteiger partial charge in [-0.3, -0.25) is 4.90 Å². The number of hydrogen-bond acceptors (Lipinski definition) is 6. The fraction of sp³-hybridized carbons (Fsp3) is 0.667. The number of likely N-dealkylation sites (tertiary alicyclic amines) is 1. The van der Waals surface area contributed by atoms with E-state index in [1.54, 1.807) is 4.52 Å². The second kappa shape index (κ2) is 7.02. The predicted octanol–water partition coefficient (Wildman–Crippen LogP) is 1.08. The molecule has 1 fully saturated rings. The molecule has 1 aliphatic rings. The minimum atomic E-state index is 0.290. The Labute approximate surface area is 130 Å². The van der Waals surface area contributed by atoms with Crippen LogP contribution in [0, 0.1) is 6.92 Å². The van der Waals surface area contributed by atoms with E-state index >= 15 is 0 Å². The number of rotatable bonds is 7. The van der Waals surface area contributed by atoms with Gasteiger partial charge in [-0.25, -0.2) is 4.98 Å². The van der Waals surface area contributed by atoms with Crippen molar-refractivity contribution in [3.8, 4) is 0 Å². The Morgan fingerprint density at radius 3 is 3.18 bits per heavy atom. The lowest BCUT2D eigenvalue weighted by Crippen LogP contribution is -2.33. The molecule has 1 atom stereocenters. The van der Waals surface area contributed by atoms with E-state index in [1.807, 2.05) is 13.0 Å². The number of hydrogen-bond donors (Lipinski definition) is 2. The van der Waals surface area contributed by atoms with Gasteiger partial charge in [-0.2, -0.15) is 14.6 Å². The van der Waals surface area contributed by atoms with Crippen LogP contribution in [0.5, 0.6) is 0 Å². The molecule has 2 N–H and O–H groups in total. The number of anilines is 1. The lowest BCUT2D eigenvalue weighted by atomic mass is 10.2. The average Bonchev–Trinajstić information content (AvgIpc) is 3.14. The smallest absolute Gasteiger partial charge is 0.254 e. The normalized spacial score (nSPS) is 19.1. The summed E-state index contributed by atoms with van der Waals surface area (Å²) in [6.07, 6.45) is 6.09. The van der Waals surface area contributed by atoms with Crippen LogP contribution >= 0.6 is 0 Å². The zero-order chi connectivity index (χ0) is 15.4. The van der Waals surface area contributed by atoms with Crippen molar-refractivity contribution in [3.05, 3.63) is 18.1 Å². The summed E-state index contributed by atoms with van der Waals surface area (Å²) in [5.74, 6) is 1.57. The predicted molar refractivity (Wildman–Crippen MR) is 84.9 cm³/mol. The van der Waals surface area contributed by atoms with Gasteiger partial charge in [-0.1, -0.05) is 0 Å². The van der Waals surface area contributed by atoms with Gasteiger partial charge in [0.05, 0.1) is 6.61 Å². The van der Waals surface area contributed by atoms with Crippen LogP contribution in [0.25, 0.3) is 5.78 Å². The standard InChI is InChI=1S/C15H24N6O/c1-12-9-14(21-15(19-12)17-11-18-21)16-6-2-3-7-20-8-4-5-13(20)10-22/h9,11,13,16,22H,2-8,10H2,1H3. The molecule has 1 unspecified atom stereocenters. The fourth-order valence-corrected chi connectivity index (χ4v) is 3.11. The van der Waals surface area contributed by atoms with Gasteiger partial charge in [-0.15, -0.1) is 0 Å². The Morgan fingerprint density at radius 1 is 1.41 bits per heavy atom. The maximum absolute atomic E-state index is 9.32. The van der Waals surface area contributed by atoms with E-state index in [-0.39, 0.29) is 0 Å². The Hall–Kier alpha value is -1.73. The molecule has 0 saturated carbocycles. The molecule has 7 heteroatoms. The second-order valence-electron chi connectivity index (χ2n) is 5.90. The number of nitrogens with one attached hydrogen (secondary N) is 1. The molecular formula is C15H24N6O. The molecule has 0 amide bonds. The molecule has 0 radical (unpaired) electrons. The summed E-state index contributed by atoms with van der Waals surface area (Å²) in [7, 11) is 0. The Bertz CT molecular complexity index is 613.